The second-order valence-electron chi connectivity index (χ2n) is 9.89. The average molecular weight is 663 g/mol. The van der Waals surface area contributed by atoms with Crippen LogP contribution in [0.15, 0.2) is 73.6 Å². The molecule has 2 N–H and O–H groups in total. The molecular weight excluding hydrogens is 633 g/mol. The molecule has 0 amide bonds. The number of hydrogen-bond acceptors (Lipinski definition) is 3. The Morgan fingerprint density at radius 2 is 1.90 bits per heavy atom. The lowest BCUT2D eigenvalue weighted by atomic mass is 9.90. The summed E-state index contributed by atoms with van der Waals surface area (Å²) < 4.78 is 37.2. The number of aromatic amines is 2. The van der Waals surface area contributed by atoms with Crippen molar-refractivity contribution in [2.45, 2.75) is 44.4 Å². The first kappa shape index (κ1) is 28.6. The smallest absolute Gasteiger partial charge is 0.170 e. The Labute approximate surface area is 251 Å². The van der Waals surface area contributed by atoms with Gasteiger partial charge < -0.3 is 14.7 Å². The van der Waals surface area contributed by atoms with Gasteiger partial charge in [-0.2, -0.15) is 5.26 Å². The number of nitrogens with one attached hydrogen (secondary N) is 2. The summed E-state index contributed by atoms with van der Waals surface area (Å²) in [5.74, 6) is -0.276. The van der Waals surface area contributed by atoms with Gasteiger partial charge in [-0.15, -0.1) is 0 Å². The van der Waals surface area contributed by atoms with Gasteiger partial charge in [0.05, 0.1) is 11.6 Å². The molecule has 41 heavy (non-hydrogen) atoms. The summed E-state index contributed by atoms with van der Waals surface area (Å²) in [6, 6.07) is 18.0. The maximum atomic E-state index is 15.1. The molecule has 0 spiro atoms. The third-order valence-electron chi connectivity index (χ3n) is 7.17. The normalized spacial score (nSPS) is 11.9. The molecule has 5 nitrogen and oxygen atoms in total. The molecular formula is C33H29F2IN4O. The highest BCUT2D eigenvalue weighted by Crippen LogP contribution is 2.37. The minimum Gasteiger partial charge on any atom is -0.454 e. The third-order valence-corrected chi connectivity index (χ3v) is 7.84. The highest BCUT2D eigenvalue weighted by molar-refractivity contribution is 14.1. The molecule has 5 aromatic rings. The van der Waals surface area contributed by atoms with E-state index < -0.39 is 11.6 Å². The second kappa shape index (κ2) is 13.1. The van der Waals surface area contributed by atoms with E-state index in [9.17, 15) is 0 Å². The lowest BCUT2D eigenvalue weighted by Crippen LogP contribution is -2.03. The van der Waals surface area contributed by atoms with E-state index in [1.807, 2.05) is 12.1 Å². The van der Waals surface area contributed by atoms with E-state index in [2.05, 4.69) is 68.4 Å². The fourth-order valence-corrected chi connectivity index (χ4v) is 5.70. The zero-order chi connectivity index (χ0) is 28.8. The minimum atomic E-state index is -0.547. The van der Waals surface area contributed by atoms with Crippen LogP contribution in [-0.4, -0.2) is 15.0 Å². The minimum absolute atomic E-state index is 0.0262. The van der Waals surface area contributed by atoms with Crippen LogP contribution in [0.5, 0.6) is 11.5 Å². The number of hydrogen-bond donors (Lipinski definition) is 2. The number of benzene rings is 3. The first-order valence-corrected chi connectivity index (χ1v) is 14.6. The molecule has 5 rings (SSSR count). The lowest BCUT2D eigenvalue weighted by Gasteiger charge is -2.16. The summed E-state index contributed by atoms with van der Waals surface area (Å²) in [5.41, 5.74) is 3.43. The van der Waals surface area contributed by atoms with E-state index in [-0.39, 0.29) is 23.0 Å². The molecule has 0 saturated carbocycles. The van der Waals surface area contributed by atoms with Gasteiger partial charge in [-0.25, -0.2) is 13.8 Å². The predicted molar refractivity (Wildman–Crippen MR) is 167 cm³/mol. The molecule has 8 heteroatoms. The van der Waals surface area contributed by atoms with Gasteiger partial charge in [0.2, 0.25) is 0 Å². The SMILES string of the molecule is C=Cc1c(Oc2ccc(F)c(-c3ncc(C(CCCCCCC#N)c4cccc(I)c4)[nH]3)c2)c(F)cc2[nH]ccc12. The van der Waals surface area contributed by atoms with Crippen molar-refractivity contribution in [1.29, 1.82) is 5.26 Å². The standard InChI is InChI=1S/C33H29F2IN4O/c1-2-24-26-14-16-38-30(26)19-29(35)32(24)41-23-12-13-28(34)27(18-23)33-39-20-31(40-33)25(11-6-4-3-5-7-15-37)21-9-8-10-22(36)17-21/h2,8-10,12-14,16-20,25,38H,1,3-7,11H2,(H,39,40). The lowest BCUT2D eigenvalue weighted by molar-refractivity contribution is 0.441. The van der Waals surface area contributed by atoms with Gasteiger partial charge in [0.15, 0.2) is 11.6 Å². The summed E-state index contributed by atoms with van der Waals surface area (Å²) >= 11 is 2.31. The van der Waals surface area contributed by atoms with Crippen LogP contribution in [0.1, 0.15) is 61.3 Å². The molecule has 0 radical (unpaired) electrons. The number of unbranched alkanes of at least 4 members (excludes halogenated alkanes) is 4. The molecule has 0 aliphatic carbocycles. The van der Waals surface area contributed by atoms with E-state index in [0.29, 0.717) is 23.3 Å². The number of fused-ring (bicyclic) bond motifs is 1. The predicted octanol–water partition coefficient (Wildman–Crippen LogP) is 9.87. The molecule has 1 unspecified atom stereocenters. The highest BCUT2D eigenvalue weighted by atomic mass is 127. The van der Waals surface area contributed by atoms with Crippen molar-refractivity contribution in [1.82, 2.24) is 15.0 Å². The zero-order valence-electron chi connectivity index (χ0n) is 22.4. The van der Waals surface area contributed by atoms with Crippen LogP contribution in [0, 0.1) is 26.5 Å². The molecule has 0 aliphatic heterocycles. The quantitative estimate of drug-likeness (QED) is 0.103. The largest absolute Gasteiger partial charge is 0.454 e. The van der Waals surface area contributed by atoms with Crippen molar-refractivity contribution < 1.29 is 13.5 Å². The van der Waals surface area contributed by atoms with Crippen LogP contribution < -0.4 is 4.74 Å². The Morgan fingerprint density at radius 1 is 1.05 bits per heavy atom. The van der Waals surface area contributed by atoms with Gasteiger partial charge in [0.1, 0.15) is 17.4 Å². The second-order valence-corrected chi connectivity index (χ2v) is 11.1. The average Bonchev–Trinajstić information content (AvgIpc) is 3.64. The van der Waals surface area contributed by atoms with E-state index in [1.54, 1.807) is 18.5 Å². The maximum absolute atomic E-state index is 15.1. The Morgan fingerprint density at radius 3 is 2.71 bits per heavy atom. The van der Waals surface area contributed by atoms with Crippen molar-refractivity contribution in [3.8, 4) is 29.0 Å². The first-order valence-electron chi connectivity index (χ1n) is 13.6. The molecule has 2 heterocycles. The number of nitriles is 1. The first-order chi connectivity index (χ1) is 20.0. The van der Waals surface area contributed by atoms with Crippen molar-refractivity contribution >= 4 is 39.6 Å². The van der Waals surface area contributed by atoms with Crippen molar-refractivity contribution in [3.63, 3.8) is 0 Å². The third kappa shape index (κ3) is 6.51. The van der Waals surface area contributed by atoms with Gasteiger partial charge in [-0.3, -0.25) is 0 Å². The number of halogens is 3. The summed E-state index contributed by atoms with van der Waals surface area (Å²) in [5, 5.41) is 9.57. The number of ether oxygens (including phenoxy) is 1. The van der Waals surface area contributed by atoms with E-state index in [0.717, 1.165) is 52.3 Å². The Balaban J connectivity index is 1.42. The molecule has 208 valence electrons. The Kier molecular flexibility index (Phi) is 9.14. The summed E-state index contributed by atoms with van der Waals surface area (Å²) in [7, 11) is 0. The Bertz CT molecular complexity index is 1720. The molecule has 0 saturated heterocycles. The van der Waals surface area contributed by atoms with Crippen LogP contribution in [-0.2, 0) is 0 Å². The van der Waals surface area contributed by atoms with Gasteiger partial charge in [0, 0.05) is 56.5 Å². The molecule has 3 aromatic carbocycles. The number of aromatic nitrogens is 3. The molecule has 0 aliphatic rings. The fraction of sp³-hybridized carbons (Fsp3) is 0.212. The topological polar surface area (TPSA) is 77.5 Å². The number of rotatable bonds is 12. The number of nitrogens with zero attached hydrogens (tertiary/aromatic N) is 2. The summed E-state index contributed by atoms with van der Waals surface area (Å²) in [6.07, 6.45) is 10.5. The Hall–Kier alpha value is -3.97. The zero-order valence-corrected chi connectivity index (χ0v) is 24.5. The molecule has 2 aromatic heterocycles. The van der Waals surface area contributed by atoms with Gasteiger partial charge in [-0.05, 0) is 77.4 Å². The van der Waals surface area contributed by atoms with Crippen LogP contribution in [0.2, 0.25) is 0 Å². The van der Waals surface area contributed by atoms with E-state index in [4.69, 9.17) is 10.00 Å². The van der Waals surface area contributed by atoms with E-state index >= 15 is 8.78 Å². The highest BCUT2D eigenvalue weighted by Gasteiger charge is 2.20. The molecule has 1 atom stereocenters. The van der Waals surface area contributed by atoms with Crippen molar-refractivity contribution in [2.24, 2.45) is 0 Å². The maximum Gasteiger partial charge on any atom is 0.170 e. The fourth-order valence-electron chi connectivity index (χ4n) is 5.13. The van der Waals surface area contributed by atoms with Gasteiger partial charge >= 0.3 is 0 Å². The van der Waals surface area contributed by atoms with Gasteiger partial charge in [0.25, 0.3) is 0 Å². The van der Waals surface area contributed by atoms with E-state index in [1.165, 1.54) is 24.3 Å². The van der Waals surface area contributed by atoms with Crippen LogP contribution in [0.4, 0.5) is 8.78 Å². The molecule has 0 fully saturated rings. The number of imidazole rings is 1. The summed E-state index contributed by atoms with van der Waals surface area (Å²) in [4.78, 5) is 10.9. The van der Waals surface area contributed by atoms with Crippen LogP contribution >= 0.6 is 22.6 Å². The van der Waals surface area contributed by atoms with Crippen molar-refractivity contribution in [3.05, 3.63) is 106 Å². The van der Waals surface area contributed by atoms with Gasteiger partial charge in [-0.1, -0.05) is 44.1 Å². The number of H-pyrrole nitrogens is 2. The van der Waals surface area contributed by atoms with Crippen LogP contribution in [0.25, 0.3) is 28.4 Å². The summed E-state index contributed by atoms with van der Waals surface area (Å²) in [6.45, 7) is 3.82. The van der Waals surface area contributed by atoms with Crippen LogP contribution in [0.3, 0.4) is 0 Å². The van der Waals surface area contributed by atoms with Crippen molar-refractivity contribution in [2.75, 3.05) is 0 Å². The monoisotopic (exact) mass is 662 g/mol. The molecule has 0 bridgehead atoms.